The number of carbonyl (C=O) groups excluding carboxylic acids is 2. The molecule has 0 saturated heterocycles. The van der Waals surface area contributed by atoms with E-state index in [0.29, 0.717) is 36.6 Å². The molecule has 0 spiro atoms. The van der Waals surface area contributed by atoms with Crippen molar-refractivity contribution in [2.24, 2.45) is 0 Å². The number of anilines is 1. The molecule has 3 aliphatic rings. The minimum Gasteiger partial charge on any atom is -0.487 e. The summed E-state index contributed by atoms with van der Waals surface area (Å²) in [5, 5.41) is 5.97. The topological polar surface area (TPSA) is 89.6 Å². The second kappa shape index (κ2) is 10.0. The summed E-state index contributed by atoms with van der Waals surface area (Å²) in [6.45, 7) is 2.22. The van der Waals surface area contributed by atoms with Crippen LogP contribution in [0.2, 0.25) is 0 Å². The minimum atomic E-state index is -0.0216. The van der Waals surface area contributed by atoms with Gasteiger partial charge in [-0.3, -0.25) is 9.59 Å². The molecule has 34 heavy (non-hydrogen) atoms. The van der Waals surface area contributed by atoms with Gasteiger partial charge in [0.1, 0.15) is 29.2 Å². The Morgan fingerprint density at radius 1 is 1.15 bits per heavy atom. The van der Waals surface area contributed by atoms with Gasteiger partial charge in [-0.2, -0.15) is 0 Å². The van der Waals surface area contributed by atoms with Crippen LogP contribution < -0.4 is 20.1 Å². The van der Waals surface area contributed by atoms with E-state index in [2.05, 4.69) is 22.5 Å². The highest BCUT2D eigenvalue weighted by Crippen LogP contribution is 2.54. The molecule has 180 valence electrons. The molecule has 2 aromatic rings. The number of hydrogen-bond donors (Lipinski definition) is 2. The third-order valence-electron chi connectivity index (χ3n) is 6.99. The molecular weight excluding hydrogens is 430 g/mol. The quantitative estimate of drug-likeness (QED) is 0.445. The van der Waals surface area contributed by atoms with Crippen molar-refractivity contribution >= 4 is 17.6 Å². The first-order valence-corrected chi connectivity index (χ1v) is 12.7. The fourth-order valence-electron chi connectivity index (χ4n) is 5.06. The fourth-order valence-corrected chi connectivity index (χ4v) is 5.06. The largest absolute Gasteiger partial charge is 0.487 e. The Labute approximate surface area is 200 Å². The number of carbonyl (C=O) groups is 2. The van der Waals surface area contributed by atoms with Gasteiger partial charge in [-0.05, 0) is 37.1 Å². The van der Waals surface area contributed by atoms with Gasteiger partial charge >= 0.3 is 0 Å². The van der Waals surface area contributed by atoms with Gasteiger partial charge in [0.25, 0.3) is 0 Å². The predicted octanol–water partition coefficient (Wildman–Crippen LogP) is 5.24. The number of nitrogens with one attached hydrogen (secondary N) is 2. The van der Waals surface area contributed by atoms with Crippen LogP contribution in [0, 0.1) is 0 Å². The summed E-state index contributed by atoms with van der Waals surface area (Å²) in [4.78, 5) is 28.3. The van der Waals surface area contributed by atoms with Crippen LogP contribution in [-0.2, 0) is 16.0 Å². The van der Waals surface area contributed by atoms with Crippen LogP contribution in [-0.4, -0.2) is 28.9 Å². The molecule has 1 aromatic carbocycles. The molecule has 2 N–H and O–H groups in total. The third-order valence-corrected chi connectivity index (χ3v) is 6.99. The first-order valence-electron chi connectivity index (χ1n) is 12.7. The number of benzene rings is 1. The van der Waals surface area contributed by atoms with Gasteiger partial charge < -0.3 is 20.1 Å². The maximum Gasteiger partial charge on any atom is 0.225 e. The maximum atomic E-state index is 12.4. The van der Waals surface area contributed by atoms with Crippen LogP contribution >= 0.6 is 0 Å². The van der Waals surface area contributed by atoms with E-state index in [9.17, 15) is 9.59 Å². The molecule has 7 heteroatoms. The standard InChI is InChI=1S/C27H33N3O4/c1-2-3-4-5-6-7-8-9-22(31)29-25-24-19-16-17(10-12-20(19)34-26(24)25)33-21-14-15-28-27-18(21)11-13-23(32)30-27/h10,12,14-16,24-26H,2-9,11,13H2,1H3,(H,29,31)(H,28,30,32)/t24?,25-,26?/m0/s1. The SMILES string of the molecule is CCCCCCCCCC(=O)N[C@@H]1C2Oc3ccc(Oc4ccnc5c4CCC(=O)N5)cc3C21. The molecule has 2 amide bonds. The van der Waals surface area contributed by atoms with Crippen molar-refractivity contribution in [2.75, 3.05) is 5.32 Å². The van der Waals surface area contributed by atoms with E-state index < -0.39 is 0 Å². The van der Waals surface area contributed by atoms with E-state index in [1.807, 2.05) is 24.3 Å². The van der Waals surface area contributed by atoms with E-state index >= 15 is 0 Å². The molecule has 0 radical (unpaired) electrons. The van der Waals surface area contributed by atoms with E-state index in [4.69, 9.17) is 9.47 Å². The Balaban J connectivity index is 1.14. The van der Waals surface area contributed by atoms with Gasteiger partial charge in [0, 0.05) is 30.2 Å². The second-order valence-electron chi connectivity index (χ2n) is 9.56. The summed E-state index contributed by atoms with van der Waals surface area (Å²) in [5.41, 5.74) is 2.00. The minimum absolute atomic E-state index is 0.0205. The van der Waals surface area contributed by atoms with Crippen LogP contribution in [0.15, 0.2) is 30.5 Å². The molecule has 1 saturated carbocycles. The fraction of sp³-hybridized carbons (Fsp3) is 0.519. The number of rotatable bonds is 11. The van der Waals surface area contributed by atoms with Gasteiger partial charge in [0.2, 0.25) is 11.8 Å². The zero-order valence-electron chi connectivity index (χ0n) is 19.8. The lowest BCUT2D eigenvalue weighted by molar-refractivity contribution is -0.121. The molecule has 2 unspecified atom stereocenters. The number of ether oxygens (including phenoxy) is 2. The zero-order valence-corrected chi connectivity index (χ0v) is 19.8. The summed E-state index contributed by atoms with van der Waals surface area (Å²) in [7, 11) is 0. The maximum absolute atomic E-state index is 12.4. The summed E-state index contributed by atoms with van der Waals surface area (Å²) < 4.78 is 12.2. The van der Waals surface area contributed by atoms with Gasteiger partial charge in [-0.25, -0.2) is 4.98 Å². The third kappa shape index (κ3) is 4.88. The molecule has 3 heterocycles. The molecule has 1 aliphatic carbocycles. The van der Waals surface area contributed by atoms with Crippen molar-refractivity contribution in [1.82, 2.24) is 10.3 Å². The number of fused-ring (bicyclic) bond motifs is 4. The zero-order chi connectivity index (χ0) is 23.5. The van der Waals surface area contributed by atoms with Crippen molar-refractivity contribution in [1.29, 1.82) is 0 Å². The summed E-state index contributed by atoms with van der Waals surface area (Å²) in [5.74, 6) is 3.14. The first-order chi connectivity index (χ1) is 16.6. The summed E-state index contributed by atoms with van der Waals surface area (Å²) in [6.07, 6.45) is 11.7. The van der Waals surface area contributed by atoms with E-state index in [1.165, 1.54) is 32.1 Å². The van der Waals surface area contributed by atoms with Crippen molar-refractivity contribution in [3.63, 3.8) is 0 Å². The molecule has 0 bridgehead atoms. The predicted molar refractivity (Wildman–Crippen MR) is 129 cm³/mol. The van der Waals surface area contributed by atoms with Gasteiger partial charge in [-0.1, -0.05) is 45.4 Å². The number of aromatic nitrogens is 1. The average Bonchev–Trinajstić information content (AvgIpc) is 3.34. The summed E-state index contributed by atoms with van der Waals surface area (Å²) in [6, 6.07) is 7.71. The molecule has 5 rings (SSSR count). The number of unbranched alkanes of at least 4 members (excludes halogenated alkanes) is 6. The van der Waals surface area contributed by atoms with Gasteiger partial charge in [0.05, 0.1) is 12.0 Å². The van der Waals surface area contributed by atoms with Crippen molar-refractivity contribution in [3.05, 3.63) is 41.6 Å². The lowest BCUT2D eigenvalue weighted by atomic mass is 10.1. The van der Waals surface area contributed by atoms with E-state index in [1.54, 1.807) is 6.20 Å². The monoisotopic (exact) mass is 463 g/mol. The molecule has 1 fully saturated rings. The molecule has 7 nitrogen and oxygen atoms in total. The van der Waals surface area contributed by atoms with Gasteiger partial charge in [-0.15, -0.1) is 0 Å². The highest BCUT2D eigenvalue weighted by molar-refractivity contribution is 5.93. The molecule has 2 aliphatic heterocycles. The smallest absolute Gasteiger partial charge is 0.225 e. The van der Waals surface area contributed by atoms with Crippen LogP contribution in [0.5, 0.6) is 17.2 Å². The highest BCUT2D eigenvalue weighted by Gasteiger charge is 2.59. The molecule has 1 aromatic heterocycles. The number of nitrogens with zero attached hydrogens (tertiary/aromatic N) is 1. The second-order valence-corrected chi connectivity index (χ2v) is 9.56. The molecular formula is C27H33N3O4. The Kier molecular flexibility index (Phi) is 6.70. The van der Waals surface area contributed by atoms with Crippen LogP contribution in [0.3, 0.4) is 0 Å². The van der Waals surface area contributed by atoms with Crippen molar-refractivity contribution in [3.8, 4) is 17.2 Å². The Morgan fingerprint density at radius 3 is 2.82 bits per heavy atom. The Bertz CT molecular complexity index is 1070. The number of hydrogen-bond acceptors (Lipinski definition) is 5. The Hall–Kier alpha value is -3.09. The number of amides is 2. The summed E-state index contributed by atoms with van der Waals surface area (Å²) >= 11 is 0. The normalized spacial score (nSPS) is 21.6. The lowest BCUT2D eigenvalue weighted by Crippen LogP contribution is -2.29. The van der Waals surface area contributed by atoms with E-state index in [0.717, 1.165) is 29.7 Å². The van der Waals surface area contributed by atoms with Crippen LogP contribution in [0.4, 0.5) is 5.82 Å². The number of pyridine rings is 1. The highest BCUT2D eigenvalue weighted by atomic mass is 16.5. The lowest BCUT2D eigenvalue weighted by Gasteiger charge is -2.19. The van der Waals surface area contributed by atoms with Crippen LogP contribution in [0.25, 0.3) is 0 Å². The van der Waals surface area contributed by atoms with Crippen molar-refractivity contribution < 1.29 is 19.1 Å². The van der Waals surface area contributed by atoms with Crippen molar-refractivity contribution in [2.45, 2.75) is 89.2 Å². The van der Waals surface area contributed by atoms with Gasteiger partial charge in [0.15, 0.2) is 0 Å². The average molecular weight is 464 g/mol. The van der Waals surface area contributed by atoms with E-state index in [-0.39, 0.29) is 29.9 Å². The van der Waals surface area contributed by atoms with Crippen LogP contribution in [0.1, 0.15) is 81.8 Å². The first kappa shape index (κ1) is 22.7. The Morgan fingerprint density at radius 2 is 1.97 bits per heavy atom. The molecule has 3 atom stereocenters.